The number of aryl methyl sites for hydroxylation is 2. The Bertz CT molecular complexity index is 1480. The SMILES string of the molecule is COC(=O)c1cc2c(OC)c(C)c(OC)cc2c(-c2cc3cc(C)c(OC)c(OC)c3c(C)n2)n1. The average Bonchev–Trinajstić information content (AvgIpc) is 2.86. The topological polar surface area (TPSA) is 89.0 Å². The molecule has 0 aliphatic heterocycles. The van der Waals surface area contributed by atoms with Crippen molar-refractivity contribution in [1.82, 2.24) is 9.97 Å². The zero-order valence-corrected chi connectivity index (χ0v) is 21.2. The van der Waals surface area contributed by atoms with Crippen LogP contribution in [0.25, 0.3) is 32.9 Å². The fourth-order valence-electron chi connectivity index (χ4n) is 4.59. The Morgan fingerprint density at radius 2 is 1.43 bits per heavy atom. The van der Waals surface area contributed by atoms with Gasteiger partial charge in [-0.1, -0.05) is 0 Å². The molecule has 0 unspecified atom stereocenters. The van der Waals surface area contributed by atoms with Gasteiger partial charge >= 0.3 is 5.97 Å². The number of pyridine rings is 2. The van der Waals surface area contributed by atoms with Crippen LogP contribution in [0.1, 0.15) is 27.3 Å². The van der Waals surface area contributed by atoms with Crippen LogP contribution in [0, 0.1) is 20.8 Å². The maximum Gasteiger partial charge on any atom is 0.356 e. The lowest BCUT2D eigenvalue weighted by molar-refractivity contribution is 0.0594. The fourth-order valence-corrected chi connectivity index (χ4v) is 4.59. The first-order valence-corrected chi connectivity index (χ1v) is 11.0. The number of hydrogen-bond acceptors (Lipinski definition) is 8. The molecule has 4 rings (SSSR count). The molecule has 0 radical (unpaired) electrons. The van der Waals surface area contributed by atoms with E-state index in [1.165, 1.54) is 7.11 Å². The van der Waals surface area contributed by atoms with Gasteiger partial charge in [0.15, 0.2) is 11.5 Å². The smallest absolute Gasteiger partial charge is 0.356 e. The van der Waals surface area contributed by atoms with E-state index in [1.54, 1.807) is 34.5 Å². The summed E-state index contributed by atoms with van der Waals surface area (Å²) in [7, 11) is 7.74. The van der Waals surface area contributed by atoms with Crippen molar-refractivity contribution in [2.45, 2.75) is 20.8 Å². The number of rotatable bonds is 6. The van der Waals surface area contributed by atoms with Crippen LogP contribution in [0.15, 0.2) is 24.3 Å². The summed E-state index contributed by atoms with van der Waals surface area (Å²) in [5.74, 6) is 1.97. The number of methoxy groups -OCH3 is 5. The summed E-state index contributed by atoms with van der Waals surface area (Å²) in [6, 6.07) is 7.50. The molecule has 0 aliphatic carbocycles. The molecule has 0 atom stereocenters. The monoisotopic (exact) mass is 476 g/mol. The van der Waals surface area contributed by atoms with Crippen molar-refractivity contribution in [2.75, 3.05) is 35.5 Å². The second-order valence-electron chi connectivity index (χ2n) is 8.13. The number of carbonyl (C=O) groups excluding carboxylic acids is 1. The first kappa shape index (κ1) is 24.1. The molecule has 8 heteroatoms. The lowest BCUT2D eigenvalue weighted by Crippen LogP contribution is -2.07. The number of aromatic nitrogens is 2. The highest BCUT2D eigenvalue weighted by molar-refractivity contribution is 6.05. The van der Waals surface area contributed by atoms with Gasteiger partial charge in [0.2, 0.25) is 0 Å². The van der Waals surface area contributed by atoms with Gasteiger partial charge in [0.1, 0.15) is 17.2 Å². The van der Waals surface area contributed by atoms with E-state index in [9.17, 15) is 4.79 Å². The zero-order chi connectivity index (χ0) is 25.4. The fraction of sp³-hybridized carbons (Fsp3) is 0.296. The summed E-state index contributed by atoms with van der Waals surface area (Å²) < 4.78 is 27.6. The van der Waals surface area contributed by atoms with Gasteiger partial charge in [-0.2, -0.15) is 0 Å². The first-order chi connectivity index (χ1) is 16.8. The maximum atomic E-state index is 12.5. The highest BCUT2D eigenvalue weighted by Crippen LogP contribution is 2.43. The minimum atomic E-state index is -0.552. The molecule has 0 fully saturated rings. The quantitative estimate of drug-likeness (QED) is 0.351. The highest BCUT2D eigenvalue weighted by atomic mass is 16.5. The van der Waals surface area contributed by atoms with Crippen molar-refractivity contribution in [3.8, 4) is 34.4 Å². The third kappa shape index (κ3) is 3.84. The lowest BCUT2D eigenvalue weighted by atomic mass is 9.99. The van der Waals surface area contributed by atoms with Gasteiger partial charge in [-0.25, -0.2) is 9.78 Å². The Kier molecular flexibility index (Phi) is 6.39. The van der Waals surface area contributed by atoms with Gasteiger partial charge < -0.3 is 23.7 Å². The van der Waals surface area contributed by atoms with Crippen LogP contribution in [-0.4, -0.2) is 51.5 Å². The molecule has 2 heterocycles. The highest BCUT2D eigenvalue weighted by Gasteiger charge is 2.22. The van der Waals surface area contributed by atoms with Crippen molar-refractivity contribution in [1.29, 1.82) is 0 Å². The van der Waals surface area contributed by atoms with Gasteiger partial charge in [0, 0.05) is 27.4 Å². The molecule has 8 nitrogen and oxygen atoms in total. The van der Waals surface area contributed by atoms with Crippen molar-refractivity contribution in [2.24, 2.45) is 0 Å². The molecule has 0 spiro atoms. The molecule has 35 heavy (non-hydrogen) atoms. The Labute approximate surface area is 203 Å². The minimum absolute atomic E-state index is 0.154. The Morgan fingerprint density at radius 3 is 2.03 bits per heavy atom. The summed E-state index contributed by atoms with van der Waals surface area (Å²) in [6.07, 6.45) is 0. The molecule has 182 valence electrons. The van der Waals surface area contributed by atoms with Gasteiger partial charge in [0.05, 0.1) is 46.9 Å². The van der Waals surface area contributed by atoms with E-state index in [-0.39, 0.29) is 5.69 Å². The number of nitrogens with zero attached hydrogens (tertiary/aromatic N) is 2. The third-order valence-electron chi connectivity index (χ3n) is 6.15. The van der Waals surface area contributed by atoms with Crippen LogP contribution < -0.4 is 18.9 Å². The van der Waals surface area contributed by atoms with Crippen LogP contribution in [0.5, 0.6) is 23.0 Å². The molecular formula is C27H28N2O6. The predicted molar refractivity (Wildman–Crippen MR) is 134 cm³/mol. The van der Waals surface area contributed by atoms with Gasteiger partial charge in [0.25, 0.3) is 0 Å². The molecular weight excluding hydrogens is 448 g/mol. The number of esters is 1. The second-order valence-corrected chi connectivity index (χ2v) is 8.13. The van der Waals surface area contributed by atoms with Crippen LogP contribution in [0.4, 0.5) is 0 Å². The Hall–Kier alpha value is -4.07. The molecule has 0 aliphatic rings. The van der Waals surface area contributed by atoms with E-state index < -0.39 is 5.97 Å². The van der Waals surface area contributed by atoms with E-state index in [2.05, 4.69) is 4.98 Å². The number of fused-ring (bicyclic) bond motifs is 2. The van der Waals surface area contributed by atoms with Crippen molar-refractivity contribution in [3.63, 3.8) is 0 Å². The van der Waals surface area contributed by atoms with Crippen LogP contribution in [0.2, 0.25) is 0 Å². The number of ether oxygens (including phenoxy) is 5. The second kappa shape index (κ2) is 9.29. The molecule has 2 aromatic carbocycles. The van der Waals surface area contributed by atoms with E-state index >= 15 is 0 Å². The summed E-state index contributed by atoms with van der Waals surface area (Å²) >= 11 is 0. The minimum Gasteiger partial charge on any atom is -0.496 e. The van der Waals surface area contributed by atoms with Crippen molar-refractivity contribution >= 4 is 27.5 Å². The van der Waals surface area contributed by atoms with Crippen LogP contribution in [-0.2, 0) is 4.74 Å². The molecule has 0 saturated heterocycles. The molecule has 0 bridgehead atoms. The van der Waals surface area contributed by atoms with E-state index in [4.69, 9.17) is 28.7 Å². The summed E-state index contributed by atoms with van der Waals surface area (Å²) in [6.45, 7) is 5.76. The normalized spacial score (nSPS) is 11.0. The van der Waals surface area contributed by atoms with E-state index in [0.29, 0.717) is 39.8 Å². The number of benzene rings is 2. The molecule has 2 aromatic heterocycles. The van der Waals surface area contributed by atoms with Crippen LogP contribution in [0.3, 0.4) is 0 Å². The first-order valence-electron chi connectivity index (χ1n) is 11.0. The van der Waals surface area contributed by atoms with E-state index in [0.717, 1.165) is 33.0 Å². The Morgan fingerprint density at radius 1 is 0.743 bits per heavy atom. The molecule has 0 amide bonds. The van der Waals surface area contributed by atoms with Crippen molar-refractivity contribution in [3.05, 3.63) is 46.8 Å². The van der Waals surface area contributed by atoms with Gasteiger partial charge in [-0.05, 0) is 56.0 Å². The van der Waals surface area contributed by atoms with E-state index in [1.807, 2.05) is 39.0 Å². The van der Waals surface area contributed by atoms with Gasteiger partial charge in [-0.3, -0.25) is 4.98 Å². The summed E-state index contributed by atoms with van der Waals surface area (Å²) in [4.78, 5) is 22.1. The van der Waals surface area contributed by atoms with Gasteiger partial charge in [-0.15, -0.1) is 0 Å². The molecule has 0 saturated carbocycles. The largest absolute Gasteiger partial charge is 0.496 e. The van der Waals surface area contributed by atoms with Crippen molar-refractivity contribution < 1.29 is 28.5 Å². The maximum absolute atomic E-state index is 12.5. The lowest BCUT2D eigenvalue weighted by Gasteiger charge is -2.18. The third-order valence-corrected chi connectivity index (χ3v) is 6.15. The van der Waals surface area contributed by atoms with Crippen LogP contribution >= 0.6 is 0 Å². The average molecular weight is 477 g/mol. The number of hydrogen-bond donors (Lipinski definition) is 0. The summed E-state index contributed by atoms with van der Waals surface area (Å²) in [5.41, 5.74) is 3.72. The Balaban J connectivity index is 2.14. The standard InChI is InChI=1S/C27H28N2O6/c1-13-9-16-10-19(28-15(3)22(16)26(34-7)24(13)32-5)23-17-12-21(31-4)14(2)25(33-6)18(17)11-20(29-23)27(30)35-8/h9-12H,1-8H3. The molecule has 0 N–H and O–H groups in total. The molecule has 4 aromatic rings. The summed E-state index contributed by atoms with van der Waals surface area (Å²) in [5, 5.41) is 3.20. The predicted octanol–water partition coefficient (Wildman–Crippen LogP) is 5.20. The zero-order valence-electron chi connectivity index (χ0n) is 21.2. The number of carbonyl (C=O) groups is 1.